The van der Waals surface area contributed by atoms with E-state index in [1.54, 1.807) is 0 Å². The first-order chi connectivity index (χ1) is 10.9. The van der Waals surface area contributed by atoms with Crippen LogP contribution in [0.5, 0.6) is 5.75 Å². The van der Waals surface area contributed by atoms with E-state index in [-0.39, 0.29) is 18.1 Å². The van der Waals surface area contributed by atoms with Crippen LogP contribution in [-0.4, -0.2) is 12.0 Å². The van der Waals surface area contributed by atoms with Crippen molar-refractivity contribution in [2.24, 2.45) is 0 Å². The van der Waals surface area contributed by atoms with Gasteiger partial charge in [-0.1, -0.05) is 24.3 Å². The van der Waals surface area contributed by atoms with E-state index in [2.05, 4.69) is 5.32 Å². The lowest BCUT2D eigenvalue weighted by atomic mass is 10.1. The van der Waals surface area contributed by atoms with E-state index in [4.69, 9.17) is 10.5 Å². The largest absolute Gasteiger partial charge is 0.491 e. The van der Waals surface area contributed by atoms with Gasteiger partial charge in [-0.3, -0.25) is 4.79 Å². The van der Waals surface area contributed by atoms with Crippen molar-refractivity contribution in [1.82, 2.24) is 5.32 Å². The van der Waals surface area contributed by atoms with Crippen LogP contribution in [-0.2, 0) is 11.2 Å². The number of carbonyl (C=O) groups excluding carboxylic acids is 1. The molecule has 1 unspecified atom stereocenters. The van der Waals surface area contributed by atoms with Crippen molar-refractivity contribution in [3.63, 3.8) is 0 Å². The predicted molar refractivity (Wildman–Crippen MR) is 93.3 cm³/mol. The Balaban J connectivity index is 1.98. The molecule has 3 N–H and O–H groups in total. The fraction of sp³-hybridized carbons (Fsp3) is 0.316. The van der Waals surface area contributed by atoms with Gasteiger partial charge in [-0.15, -0.1) is 0 Å². The molecule has 4 heteroatoms. The zero-order chi connectivity index (χ0) is 16.8. The van der Waals surface area contributed by atoms with Crippen molar-refractivity contribution in [1.29, 1.82) is 0 Å². The van der Waals surface area contributed by atoms with Crippen molar-refractivity contribution in [3.8, 4) is 5.75 Å². The third kappa shape index (κ3) is 5.33. The van der Waals surface area contributed by atoms with Gasteiger partial charge in [-0.2, -0.15) is 0 Å². The minimum absolute atomic E-state index is 0.0294. The Morgan fingerprint density at radius 3 is 2.57 bits per heavy atom. The van der Waals surface area contributed by atoms with Crippen molar-refractivity contribution in [2.45, 2.75) is 39.3 Å². The number of nitrogens with two attached hydrogens (primary N) is 1. The second kappa shape index (κ2) is 7.68. The van der Waals surface area contributed by atoms with Crippen molar-refractivity contribution in [3.05, 3.63) is 59.7 Å². The number of rotatable bonds is 6. The number of benzene rings is 2. The zero-order valence-electron chi connectivity index (χ0n) is 13.9. The van der Waals surface area contributed by atoms with E-state index < -0.39 is 0 Å². The van der Waals surface area contributed by atoms with Crippen molar-refractivity contribution in [2.75, 3.05) is 5.73 Å². The molecule has 0 bridgehead atoms. The van der Waals surface area contributed by atoms with Crippen LogP contribution in [0.2, 0.25) is 0 Å². The van der Waals surface area contributed by atoms with Gasteiger partial charge in [0.1, 0.15) is 5.75 Å². The lowest BCUT2D eigenvalue weighted by Crippen LogP contribution is -2.28. The average molecular weight is 312 g/mol. The number of nitrogen functional groups attached to an aromatic ring is 1. The maximum atomic E-state index is 12.2. The molecule has 0 saturated heterocycles. The number of ether oxygens (including phenoxy) is 1. The molecule has 2 aromatic rings. The third-order valence-corrected chi connectivity index (χ3v) is 3.42. The van der Waals surface area contributed by atoms with Gasteiger partial charge < -0.3 is 15.8 Å². The molecule has 0 aromatic heterocycles. The normalized spacial score (nSPS) is 12.0. The van der Waals surface area contributed by atoms with Gasteiger partial charge >= 0.3 is 0 Å². The summed E-state index contributed by atoms with van der Waals surface area (Å²) in [5, 5.41) is 3.01. The van der Waals surface area contributed by atoms with Crippen molar-refractivity contribution < 1.29 is 9.53 Å². The summed E-state index contributed by atoms with van der Waals surface area (Å²) in [6.45, 7) is 5.94. The lowest BCUT2D eigenvalue weighted by molar-refractivity contribution is -0.121. The molecule has 0 heterocycles. The Morgan fingerprint density at radius 2 is 1.87 bits per heavy atom. The maximum absolute atomic E-state index is 12.2. The highest BCUT2D eigenvalue weighted by Gasteiger charge is 2.11. The van der Waals surface area contributed by atoms with Crippen LogP contribution in [0.25, 0.3) is 0 Å². The van der Waals surface area contributed by atoms with Crippen LogP contribution in [0.3, 0.4) is 0 Å². The van der Waals surface area contributed by atoms with Crippen molar-refractivity contribution >= 4 is 11.6 Å². The van der Waals surface area contributed by atoms with E-state index in [0.29, 0.717) is 12.1 Å². The van der Waals surface area contributed by atoms with Crippen LogP contribution < -0.4 is 15.8 Å². The number of amides is 1. The lowest BCUT2D eigenvalue weighted by Gasteiger charge is -2.16. The van der Waals surface area contributed by atoms with Gasteiger partial charge in [0.2, 0.25) is 5.91 Å². The van der Waals surface area contributed by atoms with Gasteiger partial charge in [-0.05, 0) is 56.2 Å². The molecule has 0 aliphatic heterocycles. The summed E-state index contributed by atoms with van der Waals surface area (Å²) in [6.07, 6.45) is 0.441. The Hall–Kier alpha value is -2.49. The molecule has 2 rings (SSSR count). The highest BCUT2D eigenvalue weighted by Crippen LogP contribution is 2.20. The summed E-state index contributed by atoms with van der Waals surface area (Å²) >= 11 is 0. The van der Waals surface area contributed by atoms with Crippen LogP contribution in [0.15, 0.2) is 48.5 Å². The molecular formula is C19H24N2O2. The minimum Gasteiger partial charge on any atom is -0.491 e. The minimum atomic E-state index is -0.0840. The number of nitrogens with one attached hydrogen (secondary N) is 1. The molecule has 0 aliphatic rings. The van der Waals surface area contributed by atoms with Crippen LogP contribution >= 0.6 is 0 Å². The molecule has 0 spiro atoms. The van der Waals surface area contributed by atoms with Gasteiger partial charge in [0, 0.05) is 5.69 Å². The Kier molecular flexibility index (Phi) is 5.63. The summed E-state index contributed by atoms with van der Waals surface area (Å²) in [5.41, 5.74) is 8.33. The Morgan fingerprint density at radius 1 is 1.13 bits per heavy atom. The van der Waals surface area contributed by atoms with E-state index in [1.807, 2.05) is 69.3 Å². The molecule has 0 aliphatic carbocycles. The predicted octanol–water partition coefficient (Wildman–Crippen LogP) is 3.48. The monoisotopic (exact) mass is 312 g/mol. The smallest absolute Gasteiger partial charge is 0.224 e. The quantitative estimate of drug-likeness (QED) is 0.803. The van der Waals surface area contributed by atoms with E-state index >= 15 is 0 Å². The summed E-state index contributed by atoms with van der Waals surface area (Å²) in [6, 6.07) is 15.1. The molecule has 1 amide bonds. The first kappa shape index (κ1) is 16.9. The maximum Gasteiger partial charge on any atom is 0.224 e. The molecular weight excluding hydrogens is 288 g/mol. The number of anilines is 1. The first-order valence-electron chi connectivity index (χ1n) is 7.84. The summed E-state index contributed by atoms with van der Waals surface area (Å²) in [7, 11) is 0. The highest BCUT2D eigenvalue weighted by atomic mass is 16.5. The second-order valence-electron chi connectivity index (χ2n) is 5.95. The van der Waals surface area contributed by atoms with Gasteiger partial charge in [0.15, 0.2) is 0 Å². The van der Waals surface area contributed by atoms with Crippen LogP contribution in [0.4, 0.5) is 5.69 Å². The van der Waals surface area contributed by atoms with Crippen LogP contribution in [0.1, 0.15) is 37.9 Å². The summed E-state index contributed by atoms with van der Waals surface area (Å²) in [5.74, 6) is 0.785. The van der Waals surface area contributed by atoms with Gasteiger partial charge in [0.05, 0.1) is 18.6 Å². The molecule has 23 heavy (non-hydrogen) atoms. The van der Waals surface area contributed by atoms with E-state index in [9.17, 15) is 4.79 Å². The number of hydrogen-bond acceptors (Lipinski definition) is 3. The van der Waals surface area contributed by atoms with Crippen LogP contribution in [0, 0.1) is 0 Å². The molecule has 122 valence electrons. The fourth-order valence-corrected chi connectivity index (χ4v) is 2.39. The molecule has 0 radical (unpaired) electrons. The second-order valence-corrected chi connectivity index (χ2v) is 5.95. The molecule has 2 aromatic carbocycles. The molecule has 4 nitrogen and oxygen atoms in total. The first-order valence-corrected chi connectivity index (χ1v) is 7.84. The number of carbonyl (C=O) groups is 1. The summed E-state index contributed by atoms with van der Waals surface area (Å²) in [4.78, 5) is 12.2. The molecule has 1 atom stereocenters. The zero-order valence-corrected chi connectivity index (χ0v) is 13.9. The fourth-order valence-electron chi connectivity index (χ4n) is 2.39. The Labute approximate surface area is 137 Å². The third-order valence-electron chi connectivity index (χ3n) is 3.42. The SMILES string of the molecule is CC(C)Oc1cccc(C(C)NC(=O)Cc2cccc(N)c2)c1. The topological polar surface area (TPSA) is 64.3 Å². The van der Waals surface area contributed by atoms with Gasteiger partial charge in [0.25, 0.3) is 0 Å². The van der Waals surface area contributed by atoms with E-state index in [0.717, 1.165) is 16.9 Å². The molecule has 0 saturated carbocycles. The van der Waals surface area contributed by atoms with Gasteiger partial charge in [-0.25, -0.2) is 0 Å². The molecule has 0 fully saturated rings. The number of hydrogen-bond donors (Lipinski definition) is 2. The average Bonchev–Trinajstić information content (AvgIpc) is 2.46. The standard InChI is InChI=1S/C19H24N2O2/c1-13(2)23-18-9-5-7-16(12-18)14(3)21-19(22)11-15-6-4-8-17(20)10-15/h4-10,12-14H,11,20H2,1-3H3,(H,21,22). The Bertz CT molecular complexity index is 668. The summed E-state index contributed by atoms with van der Waals surface area (Å²) < 4.78 is 5.69. The van der Waals surface area contributed by atoms with E-state index in [1.165, 1.54) is 0 Å². The highest BCUT2D eigenvalue weighted by molar-refractivity contribution is 5.79.